The average molecular weight is 274 g/mol. The van der Waals surface area contributed by atoms with Gasteiger partial charge in [-0.15, -0.1) is 0 Å². The third kappa shape index (κ3) is 2.89. The monoisotopic (exact) mass is 273 g/mol. The molecule has 1 atom stereocenters. The number of hydrogen-bond donors (Lipinski definition) is 1. The van der Waals surface area contributed by atoms with Crippen LogP contribution in [0.4, 0.5) is 11.4 Å². The molecule has 0 amide bonds. The highest BCUT2D eigenvalue weighted by molar-refractivity contribution is 9.10. The molecule has 5 nitrogen and oxygen atoms in total. The number of hydrogen-bond acceptors (Lipinski definition) is 4. The van der Waals surface area contributed by atoms with Crippen LogP contribution in [-0.2, 0) is 0 Å². The SMILES string of the molecule is CCC(C)Nc1c(Br)cncc1[N+](=O)[O-]. The standard InChI is InChI=1S/C9H12BrN3O2/c1-3-6(2)12-9-7(10)4-11-5-8(9)13(14)15/h4-6H,3H2,1-2H3,(H,11,12). The van der Waals surface area contributed by atoms with Crippen LogP contribution in [0.2, 0.25) is 0 Å². The lowest BCUT2D eigenvalue weighted by Crippen LogP contribution is -2.15. The number of nitrogens with zero attached hydrogens (tertiary/aromatic N) is 2. The molecule has 0 aliphatic carbocycles. The minimum Gasteiger partial charge on any atom is -0.376 e. The molecule has 1 rings (SSSR count). The van der Waals surface area contributed by atoms with Crippen molar-refractivity contribution in [1.82, 2.24) is 4.98 Å². The Morgan fingerprint density at radius 2 is 2.33 bits per heavy atom. The molecular formula is C9H12BrN3O2. The molecule has 0 fully saturated rings. The zero-order valence-electron chi connectivity index (χ0n) is 8.53. The lowest BCUT2D eigenvalue weighted by Gasteiger charge is -2.13. The van der Waals surface area contributed by atoms with Crippen molar-refractivity contribution in [2.45, 2.75) is 26.3 Å². The highest BCUT2D eigenvalue weighted by atomic mass is 79.9. The van der Waals surface area contributed by atoms with E-state index in [1.165, 1.54) is 12.4 Å². The summed E-state index contributed by atoms with van der Waals surface area (Å²) in [6, 6.07) is 0.183. The van der Waals surface area contributed by atoms with Gasteiger partial charge in [-0.2, -0.15) is 0 Å². The molecule has 0 saturated carbocycles. The van der Waals surface area contributed by atoms with E-state index in [0.717, 1.165) is 6.42 Å². The Balaban J connectivity index is 3.07. The molecule has 1 unspecified atom stereocenters. The van der Waals surface area contributed by atoms with E-state index in [1.54, 1.807) is 0 Å². The molecule has 0 radical (unpaired) electrons. The van der Waals surface area contributed by atoms with Crippen molar-refractivity contribution in [1.29, 1.82) is 0 Å². The number of halogens is 1. The summed E-state index contributed by atoms with van der Waals surface area (Å²) >= 11 is 3.24. The Morgan fingerprint density at radius 1 is 1.67 bits per heavy atom. The predicted molar refractivity (Wildman–Crippen MR) is 62.0 cm³/mol. The largest absolute Gasteiger partial charge is 0.376 e. The molecule has 1 heterocycles. The van der Waals surface area contributed by atoms with Crippen molar-refractivity contribution in [3.8, 4) is 0 Å². The number of rotatable bonds is 4. The van der Waals surface area contributed by atoms with Crippen LogP contribution in [0.25, 0.3) is 0 Å². The van der Waals surface area contributed by atoms with Gasteiger partial charge in [0.15, 0.2) is 0 Å². The summed E-state index contributed by atoms with van der Waals surface area (Å²) in [5, 5.41) is 13.8. The van der Waals surface area contributed by atoms with E-state index < -0.39 is 4.92 Å². The second-order valence-corrected chi connectivity index (χ2v) is 4.08. The molecule has 0 spiro atoms. The van der Waals surface area contributed by atoms with Gasteiger partial charge in [0.1, 0.15) is 11.9 Å². The third-order valence-electron chi connectivity index (χ3n) is 2.08. The predicted octanol–water partition coefficient (Wildman–Crippen LogP) is 2.96. The van der Waals surface area contributed by atoms with E-state index >= 15 is 0 Å². The molecular weight excluding hydrogens is 262 g/mol. The first-order valence-corrected chi connectivity index (χ1v) is 5.40. The van der Waals surface area contributed by atoms with E-state index in [4.69, 9.17) is 0 Å². The van der Waals surface area contributed by atoms with E-state index in [2.05, 4.69) is 26.2 Å². The minimum absolute atomic E-state index is 0.00956. The topological polar surface area (TPSA) is 68.1 Å². The van der Waals surface area contributed by atoms with Crippen LogP contribution in [0.1, 0.15) is 20.3 Å². The van der Waals surface area contributed by atoms with Crippen molar-refractivity contribution in [3.05, 3.63) is 27.0 Å². The molecule has 0 aromatic carbocycles. The smallest absolute Gasteiger partial charge is 0.311 e. The Morgan fingerprint density at radius 3 is 2.87 bits per heavy atom. The van der Waals surface area contributed by atoms with Crippen molar-refractivity contribution < 1.29 is 4.92 Å². The number of aromatic nitrogens is 1. The molecule has 1 aromatic rings. The van der Waals surface area contributed by atoms with Crippen LogP contribution in [0, 0.1) is 10.1 Å². The Kier molecular flexibility index (Phi) is 4.02. The zero-order chi connectivity index (χ0) is 11.4. The minimum atomic E-state index is -0.442. The Labute approximate surface area is 96.2 Å². The second-order valence-electron chi connectivity index (χ2n) is 3.23. The molecule has 6 heteroatoms. The fourth-order valence-corrected chi connectivity index (χ4v) is 1.49. The van der Waals surface area contributed by atoms with Gasteiger partial charge in [0.05, 0.1) is 9.40 Å². The molecule has 15 heavy (non-hydrogen) atoms. The molecule has 0 bridgehead atoms. The Hall–Kier alpha value is -1.17. The molecule has 1 N–H and O–H groups in total. The van der Waals surface area contributed by atoms with Crippen LogP contribution in [0.5, 0.6) is 0 Å². The molecule has 1 aromatic heterocycles. The third-order valence-corrected chi connectivity index (χ3v) is 2.68. The number of nitro groups is 1. The van der Waals surface area contributed by atoms with E-state index in [1.807, 2.05) is 13.8 Å². The summed E-state index contributed by atoms with van der Waals surface area (Å²) in [5.41, 5.74) is 0.481. The van der Waals surface area contributed by atoms with Gasteiger partial charge in [-0.1, -0.05) is 6.92 Å². The van der Waals surface area contributed by atoms with Crippen LogP contribution < -0.4 is 5.32 Å². The van der Waals surface area contributed by atoms with Crippen molar-refractivity contribution in [3.63, 3.8) is 0 Å². The first-order chi connectivity index (χ1) is 7.06. The average Bonchev–Trinajstić information content (AvgIpc) is 2.20. The molecule has 0 saturated heterocycles. The van der Waals surface area contributed by atoms with Gasteiger partial charge < -0.3 is 5.32 Å². The maximum Gasteiger partial charge on any atom is 0.311 e. The van der Waals surface area contributed by atoms with Gasteiger partial charge in [0.2, 0.25) is 0 Å². The summed E-state index contributed by atoms with van der Waals surface area (Å²) < 4.78 is 0.608. The van der Waals surface area contributed by atoms with Gasteiger partial charge >= 0.3 is 5.69 Å². The van der Waals surface area contributed by atoms with Crippen molar-refractivity contribution in [2.24, 2.45) is 0 Å². The van der Waals surface area contributed by atoms with Crippen LogP contribution in [0.15, 0.2) is 16.9 Å². The number of pyridine rings is 1. The van der Waals surface area contributed by atoms with Crippen molar-refractivity contribution >= 4 is 27.3 Å². The second kappa shape index (κ2) is 5.06. The maximum atomic E-state index is 10.7. The fourth-order valence-electron chi connectivity index (χ4n) is 1.05. The fraction of sp³-hybridized carbons (Fsp3) is 0.444. The first kappa shape index (κ1) is 11.9. The normalized spacial score (nSPS) is 12.2. The molecule has 0 aliphatic rings. The quantitative estimate of drug-likeness (QED) is 0.677. The summed E-state index contributed by atoms with van der Waals surface area (Å²) in [5.74, 6) is 0. The lowest BCUT2D eigenvalue weighted by molar-refractivity contribution is -0.384. The van der Waals surface area contributed by atoms with Crippen LogP contribution >= 0.6 is 15.9 Å². The Bertz CT molecular complexity index is 370. The zero-order valence-corrected chi connectivity index (χ0v) is 10.1. The summed E-state index contributed by atoms with van der Waals surface area (Å²) in [7, 11) is 0. The van der Waals surface area contributed by atoms with E-state index in [-0.39, 0.29) is 11.7 Å². The van der Waals surface area contributed by atoms with Gasteiger partial charge in [0, 0.05) is 12.2 Å². The molecule has 82 valence electrons. The van der Waals surface area contributed by atoms with Gasteiger partial charge in [0.25, 0.3) is 0 Å². The van der Waals surface area contributed by atoms with Crippen LogP contribution in [0.3, 0.4) is 0 Å². The number of nitrogens with one attached hydrogen (secondary N) is 1. The maximum absolute atomic E-state index is 10.7. The summed E-state index contributed by atoms with van der Waals surface area (Å²) in [4.78, 5) is 14.1. The highest BCUT2D eigenvalue weighted by Crippen LogP contribution is 2.31. The van der Waals surface area contributed by atoms with Gasteiger partial charge in [-0.25, -0.2) is 0 Å². The lowest BCUT2D eigenvalue weighted by atomic mass is 10.2. The summed E-state index contributed by atoms with van der Waals surface area (Å²) in [6.07, 6.45) is 3.68. The van der Waals surface area contributed by atoms with E-state index in [9.17, 15) is 10.1 Å². The van der Waals surface area contributed by atoms with Crippen molar-refractivity contribution in [2.75, 3.05) is 5.32 Å². The van der Waals surface area contributed by atoms with Gasteiger partial charge in [-0.3, -0.25) is 15.1 Å². The summed E-state index contributed by atoms with van der Waals surface area (Å²) in [6.45, 7) is 3.98. The van der Waals surface area contributed by atoms with E-state index in [0.29, 0.717) is 10.2 Å². The van der Waals surface area contributed by atoms with Crippen LogP contribution in [-0.4, -0.2) is 15.9 Å². The number of anilines is 1. The molecule has 0 aliphatic heterocycles. The first-order valence-electron chi connectivity index (χ1n) is 4.60. The van der Waals surface area contributed by atoms with Gasteiger partial charge in [-0.05, 0) is 29.3 Å². The highest BCUT2D eigenvalue weighted by Gasteiger charge is 2.18.